The molecular weight excluding hydrogens is 290 g/mol. The fourth-order valence-corrected chi connectivity index (χ4v) is 2.24. The van der Waals surface area contributed by atoms with Crippen molar-refractivity contribution in [1.82, 2.24) is 5.32 Å². The molecule has 2 N–H and O–H groups in total. The van der Waals surface area contributed by atoms with Gasteiger partial charge in [-0.3, -0.25) is 0 Å². The van der Waals surface area contributed by atoms with Crippen LogP contribution in [0.4, 0.5) is 16.2 Å². The fourth-order valence-electron chi connectivity index (χ4n) is 2.07. The summed E-state index contributed by atoms with van der Waals surface area (Å²) in [7, 11) is 0. The highest BCUT2D eigenvalue weighted by Crippen LogP contribution is 2.29. The molecule has 112 valence electrons. The molecule has 5 nitrogen and oxygen atoms in total. The number of carbonyl (C=O) groups excluding carboxylic acids is 1. The van der Waals surface area contributed by atoms with Crippen LogP contribution in [0.25, 0.3) is 0 Å². The highest BCUT2D eigenvalue weighted by molar-refractivity contribution is 6.31. The van der Waals surface area contributed by atoms with Gasteiger partial charge in [-0.1, -0.05) is 18.2 Å². The summed E-state index contributed by atoms with van der Waals surface area (Å²) in [6, 6.07) is 5.18. The lowest BCUT2D eigenvalue weighted by Gasteiger charge is -2.30. The van der Waals surface area contributed by atoms with Crippen molar-refractivity contribution in [2.24, 2.45) is 0 Å². The van der Waals surface area contributed by atoms with E-state index in [1.165, 1.54) is 0 Å². The first-order valence-electron chi connectivity index (χ1n) is 6.72. The molecule has 1 saturated heterocycles. The molecule has 0 radical (unpaired) electrons. The summed E-state index contributed by atoms with van der Waals surface area (Å²) in [5.74, 6) is 0. The van der Waals surface area contributed by atoms with Gasteiger partial charge < -0.3 is 20.3 Å². The number of anilines is 2. The van der Waals surface area contributed by atoms with Crippen molar-refractivity contribution < 1.29 is 9.53 Å². The molecule has 1 aromatic rings. The Bertz CT molecular complexity index is 550. The standard InChI is InChI=1S/C15H18ClN3O2/c1-2-3-6-17-15(20)18-13-11-12(16)4-5-14(13)19-7-9-21-10-8-19/h3-5,11H,1,6-10H2,(H2,17,18,20). The molecule has 0 bridgehead atoms. The molecule has 0 aliphatic carbocycles. The monoisotopic (exact) mass is 307 g/mol. The lowest BCUT2D eigenvalue weighted by atomic mass is 10.2. The number of carbonyl (C=O) groups is 1. The number of halogens is 1. The molecule has 0 unspecified atom stereocenters. The van der Waals surface area contributed by atoms with Crippen LogP contribution < -0.4 is 15.5 Å². The Morgan fingerprint density at radius 2 is 2.24 bits per heavy atom. The number of benzene rings is 1. The molecule has 2 rings (SSSR count). The molecule has 1 fully saturated rings. The molecule has 0 saturated carbocycles. The van der Waals surface area contributed by atoms with Gasteiger partial charge in [0.05, 0.1) is 24.6 Å². The molecule has 0 atom stereocenters. The predicted octanol–water partition coefficient (Wildman–Crippen LogP) is 2.64. The van der Waals surface area contributed by atoms with E-state index in [-0.39, 0.29) is 6.03 Å². The molecule has 1 aliphatic rings. The lowest BCUT2D eigenvalue weighted by molar-refractivity contribution is 0.123. The average molecular weight is 308 g/mol. The van der Waals surface area contributed by atoms with Crippen LogP contribution in [0.15, 0.2) is 36.6 Å². The first-order valence-corrected chi connectivity index (χ1v) is 7.10. The first kappa shape index (κ1) is 15.4. The third-order valence-electron chi connectivity index (χ3n) is 3.07. The van der Waals surface area contributed by atoms with E-state index in [2.05, 4.69) is 27.8 Å². The second-order valence-electron chi connectivity index (χ2n) is 4.50. The van der Waals surface area contributed by atoms with Crippen LogP contribution in [0.3, 0.4) is 0 Å². The molecule has 2 amide bonds. The van der Waals surface area contributed by atoms with Crippen molar-refractivity contribution in [1.29, 1.82) is 0 Å². The van der Waals surface area contributed by atoms with Crippen molar-refractivity contribution in [3.05, 3.63) is 41.6 Å². The molecule has 1 aliphatic heterocycles. The van der Waals surface area contributed by atoms with Crippen LogP contribution in [0.1, 0.15) is 0 Å². The van der Waals surface area contributed by atoms with Gasteiger partial charge in [-0.15, -0.1) is 5.73 Å². The van der Waals surface area contributed by atoms with Crippen LogP contribution in [0.5, 0.6) is 0 Å². The van der Waals surface area contributed by atoms with Crippen LogP contribution in [-0.2, 0) is 4.74 Å². The van der Waals surface area contributed by atoms with Crippen LogP contribution in [-0.4, -0.2) is 38.9 Å². The van der Waals surface area contributed by atoms with E-state index in [0.717, 1.165) is 18.8 Å². The minimum Gasteiger partial charge on any atom is -0.378 e. The number of rotatable bonds is 4. The minimum absolute atomic E-state index is 0.293. The van der Waals surface area contributed by atoms with Gasteiger partial charge >= 0.3 is 6.03 Å². The number of ether oxygens (including phenoxy) is 1. The van der Waals surface area contributed by atoms with Gasteiger partial charge in [0.25, 0.3) is 0 Å². The second kappa shape index (κ2) is 7.74. The van der Waals surface area contributed by atoms with E-state index in [1.54, 1.807) is 12.1 Å². The van der Waals surface area contributed by atoms with Crippen LogP contribution in [0, 0.1) is 0 Å². The zero-order valence-corrected chi connectivity index (χ0v) is 12.4. The van der Waals surface area contributed by atoms with Gasteiger partial charge in [-0.05, 0) is 24.3 Å². The Labute approximate surface area is 129 Å². The van der Waals surface area contributed by atoms with Gasteiger partial charge in [0.2, 0.25) is 0 Å². The Balaban J connectivity index is 2.10. The topological polar surface area (TPSA) is 53.6 Å². The van der Waals surface area contributed by atoms with Crippen LogP contribution >= 0.6 is 11.6 Å². The highest BCUT2D eigenvalue weighted by atomic mass is 35.5. The smallest absolute Gasteiger partial charge is 0.319 e. The molecule has 1 heterocycles. The predicted molar refractivity (Wildman–Crippen MR) is 85.2 cm³/mol. The SMILES string of the molecule is C=C=CCNC(=O)Nc1cc(Cl)ccc1N1CCOCC1. The number of hydrogen-bond donors (Lipinski definition) is 2. The zero-order valence-electron chi connectivity index (χ0n) is 11.7. The Morgan fingerprint density at radius 3 is 2.95 bits per heavy atom. The molecule has 0 aromatic heterocycles. The van der Waals surface area contributed by atoms with E-state index in [4.69, 9.17) is 16.3 Å². The number of amides is 2. The Kier molecular flexibility index (Phi) is 5.69. The van der Waals surface area contributed by atoms with E-state index >= 15 is 0 Å². The zero-order chi connectivity index (χ0) is 15.1. The number of nitrogens with zero attached hydrogens (tertiary/aromatic N) is 1. The molecule has 0 spiro atoms. The summed E-state index contributed by atoms with van der Waals surface area (Å²) >= 11 is 6.03. The number of morpholine rings is 1. The summed E-state index contributed by atoms with van der Waals surface area (Å²) in [6.45, 7) is 6.75. The largest absolute Gasteiger partial charge is 0.378 e. The Hall–Kier alpha value is -1.94. The van der Waals surface area contributed by atoms with E-state index in [0.29, 0.717) is 30.5 Å². The summed E-state index contributed by atoms with van der Waals surface area (Å²) in [5, 5.41) is 6.09. The van der Waals surface area contributed by atoms with Gasteiger partial charge in [-0.2, -0.15) is 0 Å². The molecule has 21 heavy (non-hydrogen) atoms. The maximum atomic E-state index is 11.9. The molecular formula is C15H18ClN3O2. The van der Waals surface area contributed by atoms with Crippen molar-refractivity contribution in [2.45, 2.75) is 0 Å². The van der Waals surface area contributed by atoms with Crippen LogP contribution in [0.2, 0.25) is 5.02 Å². The normalized spacial score (nSPS) is 14.2. The third-order valence-corrected chi connectivity index (χ3v) is 3.30. The number of urea groups is 1. The van der Waals surface area contributed by atoms with E-state index in [1.807, 2.05) is 12.1 Å². The quantitative estimate of drug-likeness (QED) is 0.841. The first-order chi connectivity index (χ1) is 10.2. The van der Waals surface area contributed by atoms with Crippen molar-refractivity contribution in [2.75, 3.05) is 43.1 Å². The summed E-state index contributed by atoms with van der Waals surface area (Å²) in [5.41, 5.74) is 4.22. The minimum atomic E-state index is -0.293. The van der Waals surface area contributed by atoms with Gasteiger partial charge in [0, 0.05) is 24.7 Å². The molecule has 6 heteroatoms. The number of hydrogen-bond acceptors (Lipinski definition) is 3. The summed E-state index contributed by atoms with van der Waals surface area (Å²) < 4.78 is 5.35. The highest BCUT2D eigenvalue weighted by Gasteiger charge is 2.16. The van der Waals surface area contributed by atoms with Crippen molar-refractivity contribution in [3.8, 4) is 0 Å². The molecule has 1 aromatic carbocycles. The average Bonchev–Trinajstić information content (AvgIpc) is 2.48. The van der Waals surface area contributed by atoms with E-state index in [9.17, 15) is 4.79 Å². The lowest BCUT2D eigenvalue weighted by Crippen LogP contribution is -2.37. The van der Waals surface area contributed by atoms with E-state index < -0.39 is 0 Å². The summed E-state index contributed by atoms with van der Waals surface area (Å²) in [4.78, 5) is 14.0. The van der Waals surface area contributed by atoms with Gasteiger partial charge in [0.1, 0.15) is 0 Å². The second-order valence-corrected chi connectivity index (χ2v) is 4.94. The van der Waals surface area contributed by atoms with Gasteiger partial charge in [0.15, 0.2) is 0 Å². The van der Waals surface area contributed by atoms with Crippen molar-refractivity contribution >= 4 is 29.0 Å². The fraction of sp³-hybridized carbons (Fsp3) is 0.333. The maximum absolute atomic E-state index is 11.9. The maximum Gasteiger partial charge on any atom is 0.319 e. The number of nitrogens with one attached hydrogen (secondary N) is 2. The summed E-state index contributed by atoms with van der Waals surface area (Å²) in [6.07, 6.45) is 1.64. The van der Waals surface area contributed by atoms with Gasteiger partial charge in [-0.25, -0.2) is 4.79 Å². The Morgan fingerprint density at radius 1 is 1.48 bits per heavy atom. The third kappa shape index (κ3) is 4.53. The van der Waals surface area contributed by atoms with Crippen molar-refractivity contribution in [3.63, 3.8) is 0 Å².